The molecule has 168 valence electrons. The van der Waals surface area contributed by atoms with Crippen LogP contribution in [0.2, 0.25) is 0 Å². The Labute approximate surface area is 182 Å². The molecule has 0 saturated carbocycles. The van der Waals surface area contributed by atoms with Crippen LogP contribution in [0, 0.1) is 17.6 Å². The van der Waals surface area contributed by atoms with Gasteiger partial charge in [-0.15, -0.1) is 0 Å². The van der Waals surface area contributed by atoms with Crippen LogP contribution in [-0.4, -0.2) is 44.2 Å². The SMILES string of the molecule is COc1ccc(N(C(=O)C(C)C)C2CCN(Cc3cccc(F)c3F)CC2)cc1OC. The second kappa shape index (κ2) is 10.1. The van der Waals surface area contributed by atoms with E-state index < -0.39 is 11.6 Å². The maximum atomic E-state index is 14.0. The zero-order valence-electron chi connectivity index (χ0n) is 18.5. The molecule has 0 N–H and O–H groups in total. The monoisotopic (exact) mass is 432 g/mol. The van der Waals surface area contributed by atoms with Gasteiger partial charge in [0.05, 0.1) is 14.2 Å². The van der Waals surface area contributed by atoms with Crippen LogP contribution in [0.15, 0.2) is 36.4 Å². The normalized spacial score (nSPS) is 15.2. The molecule has 0 radical (unpaired) electrons. The third-order valence-corrected chi connectivity index (χ3v) is 5.72. The van der Waals surface area contributed by atoms with Gasteiger partial charge in [-0.05, 0) is 31.0 Å². The molecule has 3 rings (SSSR count). The van der Waals surface area contributed by atoms with E-state index in [9.17, 15) is 13.6 Å². The summed E-state index contributed by atoms with van der Waals surface area (Å²) in [6, 6.07) is 9.79. The number of hydrogen-bond donors (Lipinski definition) is 0. The van der Waals surface area contributed by atoms with Gasteiger partial charge in [-0.1, -0.05) is 26.0 Å². The summed E-state index contributed by atoms with van der Waals surface area (Å²) in [4.78, 5) is 17.1. The number of ether oxygens (including phenoxy) is 2. The van der Waals surface area contributed by atoms with Gasteiger partial charge in [0.25, 0.3) is 0 Å². The molecule has 1 heterocycles. The Morgan fingerprint density at radius 3 is 2.39 bits per heavy atom. The average molecular weight is 433 g/mol. The van der Waals surface area contributed by atoms with E-state index in [0.29, 0.717) is 36.7 Å². The Kier molecular flexibility index (Phi) is 7.49. The number of nitrogens with zero attached hydrogens (tertiary/aromatic N) is 2. The first-order chi connectivity index (χ1) is 14.8. The number of piperidine rings is 1. The molecular formula is C24H30F2N2O3. The standard InChI is InChI=1S/C24H30F2N2O3/c1-16(2)24(29)28(19-8-9-21(30-3)22(14-19)31-4)18-10-12-27(13-11-18)15-17-6-5-7-20(25)23(17)26/h5-9,14,16,18H,10-13,15H2,1-4H3. The van der Waals surface area contributed by atoms with E-state index in [2.05, 4.69) is 4.90 Å². The number of hydrogen-bond acceptors (Lipinski definition) is 4. The summed E-state index contributed by atoms with van der Waals surface area (Å²) in [5.41, 5.74) is 1.12. The molecule has 0 spiro atoms. The van der Waals surface area contributed by atoms with Crippen molar-refractivity contribution in [2.45, 2.75) is 39.3 Å². The zero-order chi connectivity index (χ0) is 22.5. The largest absolute Gasteiger partial charge is 0.493 e. The number of amides is 1. The summed E-state index contributed by atoms with van der Waals surface area (Å²) in [6.07, 6.45) is 1.48. The summed E-state index contributed by atoms with van der Waals surface area (Å²) >= 11 is 0. The first kappa shape index (κ1) is 23.0. The number of carbonyl (C=O) groups excluding carboxylic acids is 1. The van der Waals surface area contributed by atoms with Gasteiger partial charge >= 0.3 is 0 Å². The van der Waals surface area contributed by atoms with Gasteiger partial charge in [0.15, 0.2) is 23.1 Å². The van der Waals surface area contributed by atoms with E-state index in [-0.39, 0.29) is 17.9 Å². The number of anilines is 1. The van der Waals surface area contributed by atoms with Gasteiger partial charge in [0, 0.05) is 48.9 Å². The number of methoxy groups -OCH3 is 2. The average Bonchev–Trinajstić information content (AvgIpc) is 2.78. The summed E-state index contributed by atoms with van der Waals surface area (Å²) in [7, 11) is 3.14. The Bertz CT molecular complexity index is 912. The van der Waals surface area contributed by atoms with Crippen molar-refractivity contribution in [2.75, 3.05) is 32.2 Å². The lowest BCUT2D eigenvalue weighted by atomic mass is 9.99. The fraction of sp³-hybridized carbons (Fsp3) is 0.458. The summed E-state index contributed by atoms with van der Waals surface area (Å²) < 4.78 is 38.3. The minimum Gasteiger partial charge on any atom is -0.493 e. The summed E-state index contributed by atoms with van der Waals surface area (Å²) in [6.45, 7) is 5.51. The summed E-state index contributed by atoms with van der Waals surface area (Å²) in [5.74, 6) is -0.550. The van der Waals surface area contributed by atoms with Crippen LogP contribution < -0.4 is 14.4 Å². The summed E-state index contributed by atoms with van der Waals surface area (Å²) in [5, 5.41) is 0. The van der Waals surface area contributed by atoms with Crippen molar-refractivity contribution in [3.63, 3.8) is 0 Å². The van der Waals surface area contributed by atoms with Gasteiger partial charge in [-0.2, -0.15) is 0 Å². The third-order valence-electron chi connectivity index (χ3n) is 5.72. The fourth-order valence-electron chi connectivity index (χ4n) is 4.02. The zero-order valence-corrected chi connectivity index (χ0v) is 18.5. The Morgan fingerprint density at radius 1 is 1.10 bits per heavy atom. The highest BCUT2D eigenvalue weighted by Gasteiger charge is 2.31. The molecule has 0 atom stereocenters. The lowest BCUT2D eigenvalue weighted by Crippen LogP contribution is -2.48. The van der Waals surface area contributed by atoms with E-state index in [1.807, 2.05) is 30.9 Å². The van der Waals surface area contributed by atoms with Crippen LogP contribution in [0.25, 0.3) is 0 Å². The minimum absolute atomic E-state index is 0.0154. The van der Waals surface area contributed by atoms with Crippen molar-refractivity contribution < 1.29 is 23.0 Å². The topological polar surface area (TPSA) is 42.0 Å². The Balaban J connectivity index is 1.76. The Morgan fingerprint density at radius 2 is 1.77 bits per heavy atom. The number of likely N-dealkylation sites (tertiary alicyclic amines) is 1. The molecule has 1 aliphatic rings. The van der Waals surface area contributed by atoms with Crippen molar-refractivity contribution in [3.8, 4) is 11.5 Å². The van der Waals surface area contributed by atoms with Crippen molar-refractivity contribution in [3.05, 3.63) is 53.6 Å². The second-order valence-corrected chi connectivity index (χ2v) is 8.12. The quantitative estimate of drug-likeness (QED) is 0.640. The second-order valence-electron chi connectivity index (χ2n) is 8.12. The molecule has 7 heteroatoms. The van der Waals surface area contributed by atoms with Gasteiger partial charge < -0.3 is 14.4 Å². The smallest absolute Gasteiger partial charge is 0.229 e. The molecule has 0 unspecified atom stereocenters. The lowest BCUT2D eigenvalue weighted by molar-refractivity contribution is -0.122. The number of benzene rings is 2. The molecule has 2 aromatic rings. The highest BCUT2D eigenvalue weighted by atomic mass is 19.2. The van der Waals surface area contributed by atoms with E-state index in [4.69, 9.17) is 9.47 Å². The van der Waals surface area contributed by atoms with Crippen LogP contribution in [0.1, 0.15) is 32.3 Å². The van der Waals surface area contributed by atoms with Crippen LogP contribution in [0.4, 0.5) is 14.5 Å². The van der Waals surface area contributed by atoms with Gasteiger partial charge in [-0.3, -0.25) is 9.69 Å². The predicted molar refractivity (Wildman–Crippen MR) is 117 cm³/mol. The molecule has 1 aliphatic heterocycles. The molecule has 2 aromatic carbocycles. The maximum absolute atomic E-state index is 14.0. The third kappa shape index (κ3) is 5.15. The fourth-order valence-corrected chi connectivity index (χ4v) is 4.02. The van der Waals surface area contributed by atoms with Gasteiger partial charge in [0.2, 0.25) is 5.91 Å². The maximum Gasteiger partial charge on any atom is 0.229 e. The first-order valence-electron chi connectivity index (χ1n) is 10.6. The lowest BCUT2D eigenvalue weighted by Gasteiger charge is -2.39. The first-order valence-corrected chi connectivity index (χ1v) is 10.6. The van der Waals surface area contributed by atoms with E-state index >= 15 is 0 Å². The minimum atomic E-state index is -0.824. The van der Waals surface area contributed by atoms with E-state index in [1.54, 1.807) is 26.4 Å². The molecular weight excluding hydrogens is 402 g/mol. The molecule has 0 aromatic heterocycles. The number of rotatable bonds is 7. The molecule has 0 bridgehead atoms. The molecule has 1 amide bonds. The van der Waals surface area contributed by atoms with Gasteiger partial charge in [0.1, 0.15) is 0 Å². The van der Waals surface area contributed by atoms with Crippen LogP contribution in [0.5, 0.6) is 11.5 Å². The van der Waals surface area contributed by atoms with E-state index in [0.717, 1.165) is 24.6 Å². The van der Waals surface area contributed by atoms with Crippen LogP contribution in [-0.2, 0) is 11.3 Å². The molecule has 1 fully saturated rings. The van der Waals surface area contributed by atoms with Crippen LogP contribution >= 0.6 is 0 Å². The predicted octanol–water partition coefficient (Wildman–Crippen LogP) is 4.64. The molecule has 31 heavy (non-hydrogen) atoms. The molecule has 0 aliphatic carbocycles. The van der Waals surface area contributed by atoms with Gasteiger partial charge in [-0.25, -0.2) is 8.78 Å². The number of carbonyl (C=O) groups is 1. The highest BCUT2D eigenvalue weighted by Crippen LogP contribution is 2.34. The molecule has 5 nitrogen and oxygen atoms in total. The number of halogens is 2. The molecule has 1 saturated heterocycles. The van der Waals surface area contributed by atoms with Crippen molar-refractivity contribution in [2.24, 2.45) is 5.92 Å². The van der Waals surface area contributed by atoms with Crippen molar-refractivity contribution in [1.82, 2.24) is 4.90 Å². The van der Waals surface area contributed by atoms with Crippen LogP contribution in [0.3, 0.4) is 0 Å². The van der Waals surface area contributed by atoms with Crippen molar-refractivity contribution in [1.29, 1.82) is 0 Å². The van der Waals surface area contributed by atoms with E-state index in [1.165, 1.54) is 6.07 Å². The van der Waals surface area contributed by atoms with Crippen molar-refractivity contribution >= 4 is 11.6 Å². The Hall–Kier alpha value is -2.67. The highest BCUT2D eigenvalue weighted by molar-refractivity contribution is 5.95.